The number of carbonyl (C=O) groups is 2. The minimum absolute atomic E-state index is 0.138. The van der Waals surface area contributed by atoms with Crippen molar-refractivity contribution in [3.8, 4) is 0 Å². The summed E-state index contributed by atoms with van der Waals surface area (Å²) in [7, 11) is 0. The van der Waals surface area contributed by atoms with Crippen LogP contribution in [0, 0.1) is 0 Å². The first-order valence-corrected chi connectivity index (χ1v) is 8.16. The van der Waals surface area contributed by atoms with Crippen molar-refractivity contribution in [1.29, 1.82) is 0 Å². The average molecular weight is 367 g/mol. The molecule has 0 aliphatic heterocycles. The Bertz CT molecular complexity index is 733. The first-order chi connectivity index (χ1) is 11.5. The highest BCUT2D eigenvalue weighted by atomic mass is 35.5. The van der Waals surface area contributed by atoms with Crippen molar-refractivity contribution in [3.05, 3.63) is 57.8 Å². The van der Waals surface area contributed by atoms with Crippen LogP contribution in [0.25, 0.3) is 0 Å². The lowest BCUT2D eigenvalue weighted by Crippen LogP contribution is -2.12. The van der Waals surface area contributed by atoms with E-state index in [4.69, 9.17) is 27.9 Å². The van der Waals surface area contributed by atoms with Gasteiger partial charge >= 0.3 is 5.97 Å². The monoisotopic (exact) mass is 366 g/mol. The van der Waals surface area contributed by atoms with Crippen molar-refractivity contribution in [1.82, 2.24) is 4.98 Å². The molecule has 1 aromatic heterocycles. The first-order valence-electron chi connectivity index (χ1n) is 7.41. The number of esters is 1. The quantitative estimate of drug-likeness (QED) is 0.460. The van der Waals surface area contributed by atoms with E-state index in [1.165, 1.54) is 12.3 Å². The van der Waals surface area contributed by atoms with Crippen LogP contribution in [0.4, 0.5) is 5.69 Å². The highest BCUT2D eigenvalue weighted by Gasteiger charge is 2.11. The molecule has 1 amide bonds. The van der Waals surface area contributed by atoms with Gasteiger partial charge in [-0.05, 0) is 36.8 Å². The van der Waals surface area contributed by atoms with Crippen molar-refractivity contribution in [2.24, 2.45) is 0 Å². The molecule has 0 unspecified atom stereocenters. The van der Waals surface area contributed by atoms with E-state index in [2.05, 4.69) is 10.3 Å². The number of amides is 1. The topological polar surface area (TPSA) is 68.3 Å². The SMILES string of the molecule is CCCCOC(=O)c1ccc(NC(=O)c2cnc(Cl)c(Cl)c2)cc1. The van der Waals surface area contributed by atoms with Gasteiger partial charge in [0.1, 0.15) is 5.15 Å². The van der Waals surface area contributed by atoms with Gasteiger partial charge < -0.3 is 10.1 Å². The van der Waals surface area contributed by atoms with Gasteiger partial charge in [0, 0.05) is 11.9 Å². The summed E-state index contributed by atoms with van der Waals surface area (Å²) >= 11 is 11.6. The van der Waals surface area contributed by atoms with Crippen LogP contribution < -0.4 is 5.32 Å². The van der Waals surface area contributed by atoms with Gasteiger partial charge in [-0.2, -0.15) is 0 Å². The fraction of sp³-hybridized carbons (Fsp3) is 0.235. The number of nitrogens with one attached hydrogen (secondary N) is 1. The van der Waals surface area contributed by atoms with Crippen LogP contribution in [-0.2, 0) is 4.74 Å². The molecule has 0 aliphatic rings. The Morgan fingerprint density at radius 3 is 2.50 bits per heavy atom. The number of pyridine rings is 1. The van der Waals surface area contributed by atoms with Crippen LogP contribution in [0.2, 0.25) is 10.2 Å². The lowest BCUT2D eigenvalue weighted by molar-refractivity contribution is 0.0499. The Labute approximate surface area is 149 Å². The summed E-state index contributed by atoms with van der Waals surface area (Å²) in [5.74, 6) is -0.755. The molecule has 1 aromatic carbocycles. The predicted molar refractivity (Wildman–Crippen MR) is 93.8 cm³/mol. The van der Waals surface area contributed by atoms with Gasteiger partial charge in [-0.15, -0.1) is 0 Å². The summed E-state index contributed by atoms with van der Waals surface area (Å²) in [6, 6.07) is 7.87. The van der Waals surface area contributed by atoms with Crippen LogP contribution in [0.5, 0.6) is 0 Å². The highest BCUT2D eigenvalue weighted by Crippen LogP contribution is 2.20. The van der Waals surface area contributed by atoms with Gasteiger partial charge in [-0.3, -0.25) is 4.79 Å². The van der Waals surface area contributed by atoms with Gasteiger partial charge in [0.25, 0.3) is 5.91 Å². The number of rotatable bonds is 6. The molecule has 2 aromatic rings. The smallest absolute Gasteiger partial charge is 0.338 e. The number of nitrogens with zero attached hydrogens (tertiary/aromatic N) is 1. The second kappa shape index (κ2) is 8.66. The number of halogens is 2. The minimum atomic E-state index is -0.380. The molecule has 0 atom stereocenters. The van der Waals surface area contributed by atoms with E-state index in [1.807, 2.05) is 6.92 Å². The number of anilines is 1. The zero-order valence-electron chi connectivity index (χ0n) is 13.0. The Morgan fingerprint density at radius 2 is 1.88 bits per heavy atom. The number of carbonyl (C=O) groups excluding carboxylic acids is 2. The van der Waals surface area contributed by atoms with Crippen LogP contribution in [0.1, 0.15) is 40.5 Å². The summed E-state index contributed by atoms with van der Waals surface area (Å²) in [6.07, 6.45) is 3.13. The molecule has 0 aliphatic carbocycles. The summed E-state index contributed by atoms with van der Waals surface area (Å²) in [5, 5.41) is 3.03. The summed E-state index contributed by atoms with van der Waals surface area (Å²) in [6.45, 7) is 2.42. The van der Waals surface area contributed by atoms with Crippen LogP contribution in [0.3, 0.4) is 0 Å². The van der Waals surface area contributed by atoms with Crippen molar-refractivity contribution in [2.75, 3.05) is 11.9 Å². The molecule has 1 heterocycles. The first kappa shape index (κ1) is 18.2. The van der Waals surface area contributed by atoms with E-state index in [0.717, 1.165) is 12.8 Å². The Kier molecular flexibility index (Phi) is 6.58. The van der Waals surface area contributed by atoms with Gasteiger partial charge in [0.15, 0.2) is 0 Å². The van der Waals surface area contributed by atoms with Crippen LogP contribution in [0.15, 0.2) is 36.5 Å². The predicted octanol–water partition coefficient (Wildman–Crippen LogP) is 4.60. The van der Waals surface area contributed by atoms with Gasteiger partial charge in [-0.1, -0.05) is 36.5 Å². The maximum Gasteiger partial charge on any atom is 0.338 e. The van der Waals surface area contributed by atoms with Crippen molar-refractivity contribution >= 4 is 40.8 Å². The van der Waals surface area contributed by atoms with Crippen LogP contribution >= 0.6 is 23.2 Å². The largest absolute Gasteiger partial charge is 0.462 e. The third-order valence-electron chi connectivity index (χ3n) is 3.17. The Hall–Kier alpha value is -2.11. The second-order valence-corrected chi connectivity index (χ2v) is 5.78. The molecule has 0 saturated heterocycles. The zero-order chi connectivity index (χ0) is 17.5. The second-order valence-electron chi connectivity index (χ2n) is 5.02. The van der Waals surface area contributed by atoms with Gasteiger partial charge in [0.05, 0.1) is 22.8 Å². The number of aromatic nitrogens is 1. The normalized spacial score (nSPS) is 10.3. The fourth-order valence-corrected chi connectivity index (χ4v) is 2.10. The van der Waals surface area contributed by atoms with Crippen LogP contribution in [-0.4, -0.2) is 23.5 Å². The average Bonchev–Trinajstić information content (AvgIpc) is 2.58. The molecule has 0 radical (unpaired) electrons. The molecule has 0 bridgehead atoms. The molecule has 7 heteroatoms. The van der Waals surface area contributed by atoms with Gasteiger partial charge in [0.2, 0.25) is 0 Å². The molecule has 5 nitrogen and oxygen atoms in total. The van der Waals surface area contributed by atoms with Crippen molar-refractivity contribution < 1.29 is 14.3 Å². The molecular formula is C17H16Cl2N2O3. The molecule has 1 N–H and O–H groups in total. The third kappa shape index (κ3) is 4.94. The number of hydrogen-bond donors (Lipinski definition) is 1. The molecule has 24 heavy (non-hydrogen) atoms. The van der Waals surface area contributed by atoms with Crippen molar-refractivity contribution in [2.45, 2.75) is 19.8 Å². The molecule has 126 valence electrons. The lowest BCUT2D eigenvalue weighted by Gasteiger charge is -2.07. The van der Waals surface area contributed by atoms with E-state index in [0.29, 0.717) is 17.9 Å². The zero-order valence-corrected chi connectivity index (χ0v) is 14.5. The number of ether oxygens (including phenoxy) is 1. The summed E-state index contributed by atoms with van der Waals surface area (Å²) in [5.41, 5.74) is 1.25. The maximum absolute atomic E-state index is 12.1. The van der Waals surface area contributed by atoms with E-state index < -0.39 is 0 Å². The number of hydrogen-bond acceptors (Lipinski definition) is 4. The minimum Gasteiger partial charge on any atom is -0.462 e. The number of unbranched alkanes of at least 4 members (excludes halogenated alkanes) is 1. The molecule has 2 rings (SSSR count). The number of benzene rings is 1. The van der Waals surface area contributed by atoms with E-state index in [1.54, 1.807) is 24.3 Å². The molecule has 0 spiro atoms. The van der Waals surface area contributed by atoms with E-state index in [-0.39, 0.29) is 27.6 Å². The standard InChI is InChI=1S/C17H16Cl2N2O3/c1-2-3-8-24-17(23)11-4-6-13(7-5-11)21-16(22)12-9-14(18)15(19)20-10-12/h4-7,9-10H,2-3,8H2,1H3,(H,21,22). The highest BCUT2D eigenvalue weighted by molar-refractivity contribution is 6.41. The van der Waals surface area contributed by atoms with Crippen molar-refractivity contribution in [3.63, 3.8) is 0 Å². The van der Waals surface area contributed by atoms with E-state index in [9.17, 15) is 9.59 Å². The summed E-state index contributed by atoms with van der Waals surface area (Å²) < 4.78 is 5.12. The maximum atomic E-state index is 12.1. The molecule has 0 saturated carbocycles. The fourth-order valence-electron chi connectivity index (χ4n) is 1.83. The Morgan fingerprint density at radius 1 is 1.17 bits per heavy atom. The lowest BCUT2D eigenvalue weighted by atomic mass is 10.2. The molecule has 0 fully saturated rings. The molecular weight excluding hydrogens is 351 g/mol. The summed E-state index contributed by atoms with van der Waals surface area (Å²) in [4.78, 5) is 27.8. The van der Waals surface area contributed by atoms with E-state index >= 15 is 0 Å². The Balaban J connectivity index is 1.99. The third-order valence-corrected chi connectivity index (χ3v) is 3.85. The van der Waals surface area contributed by atoms with Gasteiger partial charge in [-0.25, -0.2) is 9.78 Å².